The van der Waals surface area contributed by atoms with Crippen LogP contribution in [0.4, 0.5) is 0 Å². The van der Waals surface area contributed by atoms with Crippen molar-refractivity contribution in [3.63, 3.8) is 0 Å². The van der Waals surface area contributed by atoms with Gasteiger partial charge in [-0.25, -0.2) is 0 Å². The van der Waals surface area contributed by atoms with E-state index >= 15 is 0 Å². The molecule has 0 radical (unpaired) electrons. The van der Waals surface area contributed by atoms with Gasteiger partial charge in [0.05, 0.1) is 6.10 Å². The molecule has 0 saturated carbocycles. The molecule has 2 unspecified atom stereocenters. The lowest BCUT2D eigenvalue weighted by atomic mass is 9.86. The summed E-state index contributed by atoms with van der Waals surface area (Å²) in [4.78, 5) is 2.50. The van der Waals surface area contributed by atoms with Crippen LogP contribution in [-0.4, -0.2) is 24.4 Å². The monoisotopic (exact) mass is 201 g/mol. The molecule has 2 aliphatic rings. The van der Waals surface area contributed by atoms with Crippen molar-refractivity contribution in [2.24, 2.45) is 0 Å². The summed E-state index contributed by atoms with van der Waals surface area (Å²) in [6.45, 7) is 3.37. The first-order chi connectivity index (χ1) is 7.36. The summed E-state index contributed by atoms with van der Waals surface area (Å²) in [7, 11) is 0.294. The van der Waals surface area contributed by atoms with E-state index in [1.807, 2.05) is 0 Å². The minimum absolute atomic E-state index is 0.294. The predicted molar refractivity (Wildman–Crippen MR) is 61.6 cm³/mol. The molecule has 0 amide bonds. The molecule has 2 aliphatic heterocycles. The van der Waals surface area contributed by atoms with E-state index in [4.69, 9.17) is 4.65 Å². The minimum Gasteiger partial charge on any atom is -0.413 e. The first kappa shape index (κ1) is 9.43. The molecule has 0 bridgehead atoms. The second-order valence-corrected chi connectivity index (χ2v) is 4.51. The lowest BCUT2D eigenvalue weighted by Gasteiger charge is -2.19. The van der Waals surface area contributed by atoms with Crippen molar-refractivity contribution in [1.29, 1.82) is 0 Å². The Kier molecular flexibility index (Phi) is 2.30. The molecule has 1 aromatic carbocycles. The summed E-state index contributed by atoms with van der Waals surface area (Å²) < 4.78 is 6.04. The van der Waals surface area contributed by atoms with E-state index in [0.29, 0.717) is 19.2 Å². The van der Waals surface area contributed by atoms with Gasteiger partial charge in [0, 0.05) is 6.04 Å². The summed E-state index contributed by atoms with van der Waals surface area (Å²) in [6.07, 6.45) is 2.90. The zero-order valence-electron chi connectivity index (χ0n) is 9.10. The van der Waals surface area contributed by atoms with Crippen molar-refractivity contribution in [3.8, 4) is 0 Å². The first-order valence-electron chi connectivity index (χ1n) is 5.82. The summed E-state index contributed by atoms with van der Waals surface area (Å²) in [5.74, 6) is 0. The minimum atomic E-state index is 0.294. The number of rotatable bonds is 1. The van der Waals surface area contributed by atoms with Gasteiger partial charge >= 0.3 is 7.05 Å². The average molecular weight is 201 g/mol. The van der Waals surface area contributed by atoms with Gasteiger partial charge in [0.2, 0.25) is 0 Å². The fraction of sp³-hybridized carbons (Fsp3) is 0.500. The average Bonchev–Trinajstić information content (AvgIpc) is 2.84. The quantitative estimate of drug-likeness (QED) is 0.646. The Morgan fingerprint density at radius 3 is 2.93 bits per heavy atom. The molecular formula is C12H16BNO. The largest absolute Gasteiger partial charge is 0.413 e. The first-order valence-corrected chi connectivity index (χ1v) is 5.82. The third-order valence-electron chi connectivity index (χ3n) is 3.63. The Labute approximate surface area is 91.4 Å². The highest BCUT2D eigenvalue weighted by atomic mass is 16.5. The molecular weight excluding hydrogens is 185 g/mol. The number of hydrogen-bond acceptors (Lipinski definition) is 2. The second kappa shape index (κ2) is 3.65. The van der Waals surface area contributed by atoms with Gasteiger partial charge in [-0.3, -0.25) is 0 Å². The van der Waals surface area contributed by atoms with E-state index in [9.17, 15) is 0 Å². The van der Waals surface area contributed by atoms with E-state index in [0.717, 1.165) is 0 Å². The fourth-order valence-corrected chi connectivity index (χ4v) is 2.92. The predicted octanol–water partition coefficient (Wildman–Crippen LogP) is 2.34. The van der Waals surface area contributed by atoms with Crippen LogP contribution < -0.4 is 0 Å². The maximum Gasteiger partial charge on any atom is 0.379 e. The normalized spacial score (nSPS) is 30.9. The van der Waals surface area contributed by atoms with Crippen molar-refractivity contribution < 1.29 is 4.65 Å². The van der Waals surface area contributed by atoms with Crippen LogP contribution in [0.25, 0.3) is 0 Å². The number of fused-ring (bicyclic) bond motifs is 1. The molecule has 2 nitrogen and oxygen atoms in total. The van der Waals surface area contributed by atoms with E-state index in [-0.39, 0.29) is 0 Å². The maximum atomic E-state index is 6.04. The van der Waals surface area contributed by atoms with Crippen LogP contribution in [0.5, 0.6) is 0 Å². The fourth-order valence-electron chi connectivity index (χ4n) is 2.92. The second-order valence-electron chi connectivity index (χ2n) is 4.51. The van der Waals surface area contributed by atoms with Gasteiger partial charge < -0.3 is 9.47 Å². The van der Waals surface area contributed by atoms with Crippen LogP contribution in [0.2, 0.25) is 6.82 Å². The summed E-state index contributed by atoms with van der Waals surface area (Å²) in [6, 6.07) is 11.2. The third-order valence-corrected chi connectivity index (χ3v) is 3.63. The Hall–Kier alpha value is -0.795. The SMILES string of the molecule is CB1OC(c2ccccc2)C2CCCN12. The Bertz CT molecular complexity index is 343. The van der Waals surface area contributed by atoms with Crippen LogP contribution >= 0.6 is 0 Å². The zero-order valence-corrected chi connectivity index (χ0v) is 9.10. The topological polar surface area (TPSA) is 12.5 Å². The lowest BCUT2D eigenvalue weighted by Crippen LogP contribution is -2.33. The number of nitrogens with zero attached hydrogens (tertiary/aromatic N) is 1. The molecule has 3 heteroatoms. The Morgan fingerprint density at radius 1 is 1.33 bits per heavy atom. The maximum absolute atomic E-state index is 6.04. The molecule has 0 N–H and O–H groups in total. The van der Waals surface area contributed by atoms with Gasteiger partial charge in [0.1, 0.15) is 0 Å². The van der Waals surface area contributed by atoms with E-state index < -0.39 is 0 Å². The molecule has 0 aliphatic carbocycles. The zero-order chi connectivity index (χ0) is 10.3. The van der Waals surface area contributed by atoms with E-state index in [1.54, 1.807) is 0 Å². The molecule has 0 spiro atoms. The molecule has 2 atom stereocenters. The molecule has 0 aromatic heterocycles. The lowest BCUT2D eigenvalue weighted by molar-refractivity contribution is 0.206. The molecule has 2 heterocycles. The highest BCUT2D eigenvalue weighted by Gasteiger charge is 2.45. The molecule has 15 heavy (non-hydrogen) atoms. The van der Waals surface area contributed by atoms with Gasteiger partial charge in [-0.05, 0) is 31.8 Å². The van der Waals surface area contributed by atoms with Crippen molar-refractivity contribution in [2.75, 3.05) is 6.54 Å². The number of benzene rings is 1. The molecule has 78 valence electrons. The van der Waals surface area contributed by atoms with Crippen molar-refractivity contribution in [2.45, 2.75) is 31.8 Å². The smallest absolute Gasteiger partial charge is 0.379 e. The highest BCUT2D eigenvalue weighted by Crippen LogP contribution is 2.38. The van der Waals surface area contributed by atoms with Crippen molar-refractivity contribution in [1.82, 2.24) is 4.81 Å². The van der Waals surface area contributed by atoms with Crippen LogP contribution in [0.1, 0.15) is 24.5 Å². The standard InChI is InChI=1S/C12H16BNO/c1-13-14-9-5-8-11(14)12(15-13)10-6-3-2-4-7-10/h2-4,6-7,11-12H,5,8-9H2,1H3. The van der Waals surface area contributed by atoms with Gasteiger partial charge in [0.25, 0.3) is 0 Å². The Morgan fingerprint density at radius 2 is 2.13 bits per heavy atom. The van der Waals surface area contributed by atoms with Crippen LogP contribution in [-0.2, 0) is 4.65 Å². The third kappa shape index (κ3) is 1.50. The van der Waals surface area contributed by atoms with E-state index in [2.05, 4.69) is 42.0 Å². The Balaban J connectivity index is 1.88. The van der Waals surface area contributed by atoms with E-state index in [1.165, 1.54) is 24.9 Å². The van der Waals surface area contributed by atoms with Crippen molar-refractivity contribution in [3.05, 3.63) is 35.9 Å². The van der Waals surface area contributed by atoms with Crippen LogP contribution in [0, 0.1) is 0 Å². The van der Waals surface area contributed by atoms with Crippen molar-refractivity contribution >= 4 is 7.05 Å². The van der Waals surface area contributed by atoms with Gasteiger partial charge in [-0.15, -0.1) is 0 Å². The number of hydrogen-bond donors (Lipinski definition) is 0. The van der Waals surface area contributed by atoms with Gasteiger partial charge in [0.15, 0.2) is 0 Å². The summed E-state index contributed by atoms with van der Waals surface area (Å²) in [5, 5.41) is 0. The van der Waals surface area contributed by atoms with Crippen LogP contribution in [0.3, 0.4) is 0 Å². The highest BCUT2D eigenvalue weighted by molar-refractivity contribution is 6.47. The molecule has 2 fully saturated rings. The summed E-state index contributed by atoms with van der Waals surface area (Å²) in [5.41, 5.74) is 1.33. The van der Waals surface area contributed by atoms with Gasteiger partial charge in [-0.2, -0.15) is 0 Å². The molecule has 3 rings (SSSR count). The molecule has 2 saturated heterocycles. The van der Waals surface area contributed by atoms with Crippen LogP contribution in [0.15, 0.2) is 30.3 Å². The summed E-state index contributed by atoms with van der Waals surface area (Å²) >= 11 is 0. The molecule has 1 aromatic rings. The van der Waals surface area contributed by atoms with Gasteiger partial charge in [-0.1, -0.05) is 30.3 Å².